The molecule has 1 aromatic rings. The van der Waals surface area contributed by atoms with Gasteiger partial charge in [0, 0.05) is 12.7 Å². The van der Waals surface area contributed by atoms with Crippen LogP contribution in [0.3, 0.4) is 0 Å². The maximum absolute atomic E-state index is 12.3. The van der Waals surface area contributed by atoms with E-state index >= 15 is 0 Å². The zero-order chi connectivity index (χ0) is 10.7. The van der Waals surface area contributed by atoms with E-state index in [0.29, 0.717) is 0 Å². The first kappa shape index (κ1) is 10.8. The van der Waals surface area contributed by atoms with Gasteiger partial charge in [-0.15, -0.1) is 0 Å². The first-order valence-corrected chi connectivity index (χ1v) is 4.05. The fourth-order valence-electron chi connectivity index (χ4n) is 0.961. The zero-order valence-corrected chi connectivity index (χ0v) is 7.72. The number of rotatable bonds is 2. The Labute approximate surface area is 84.1 Å². The van der Waals surface area contributed by atoms with Crippen LogP contribution in [0.15, 0.2) is 6.20 Å². The summed E-state index contributed by atoms with van der Waals surface area (Å²) in [4.78, 5) is 3.64. The summed E-state index contributed by atoms with van der Waals surface area (Å²) in [5, 5.41) is 8.54. The summed E-state index contributed by atoms with van der Waals surface area (Å²) < 4.78 is 24.7. The van der Waals surface area contributed by atoms with Crippen molar-refractivity contribution in [3.05, 3.63) is 28.0 Å². The van der Waals surface area contributed by atoms with Crippen molar-refractivity contribution in [3.8, 4) is 6.07 Å². The lowest BCUT2D eigenvalue weighted by Crippen LogP contribution is -2.04. The van der Waals surface area contributed by atoms with E-state index in [1.807, 2.05) is 0 Å². The second-order valence-electron chi connectivity index (χ2n) is 2.47. The Balaban J connectivity index is 3.38. The monoisotopic (exact) mass is 217 g/mol. The third-order valence-corrected chi connectivity index (χ3v) is 2.07. The van der Waals surface area contributed by atoms with Gasteiger partial charge in [0.15, 0.2) is 0 Å². The highest BCUT2D eigenvalue weighted by Crippen LogP contribution is 2.28. The highest BCUT2D eigenvalue weighted by Gasteiger charge is 2.18. The first-order chi connectivity index (χ1) is 6.61. The Bertz CT molecular complexity index is 387. The van der Waals surface area contributed by atoms with Gasteiger partial charge in [-0.3, -0.25) is 4.98 Å². The smallest absolute Gasteiger partial charge is 0.266 e. The van der Waals surface area contributed by atoms with Crippen LogP contribution in [0.5, 0.6) is 0 Å². The molecule has 74 valence electrons. The van der Waals surface area contributed by atoms with Crippen LogP contribution >= 0.6 is 11.6 Å². The van der Waals surface area contributed by atoms with E-state index in [-0.39, 0.29) is 22.8 Å². The molecule has 0 unspecified atom stereocenters. The molecule has 0 saturated heterocycles. The Morgan fingerprint density at radius 1 is 1.64 bits per heavy atom. The molecule has 14 heavy (non-hydrogen) atoms. The van der Waals surface area contributed by atoms with Gasteiger partial charge in [0.1, 0.15) is 6.07 Å². The van der Waals surface area contributed by atoms with Crippen LogP contribution in [-0.2, 0) is 6.54 Å². The zero-order valence-electron chi connectivity index (χ0n) is 6.97. The standard InChI is InChI=1S/C8H6ClF2N3/c9-7-4(1-12)5(8(10)11)3-14-6(7)2-13/h3,8H,2,13H2. The number of hydrogen-bond acceptors (Lipinski definition) is 3. The second kappa shape index (κ2) is 4.31. The quantitative estimate of drug-likeness (QED) is 0.824. The molecule has 0 bridgehead atoms. The fraction of sp³-hybridized carbons (Fsp3) is 0.250. The van der Waals surface area contributed by atoms with Crippen LogP contribution in [0.1, 0.15) is 23.2 Å². The van der Waals surface area contributed by atoms with Crippen LogP contribution in [0.25, 0.3) is 0 Å². The molecule has 0 fully saturated rings. The van der Waals surface area contributed by atoms with Crippen molar-refractivity contribution >= 4 is 11.6 Å². The van der Waals surface area contributed by atoms with Crippen LogP contribution in [-0.4, -0.2) is 4.98 Å². The van der Waals surface area contributed by atoms with Gasteiger partial charge >= 0.3 is 0 Å². The normalized spacial score (nSPS) is 10.3. The Kier molecular flexibility index (Phi) is 3.33. The molecular weight excluding hydrogens is 212 g/mol. The van der Waals surface area contributed by atoms with Crippen molar-refractivity contribution in [1.82, 2.24) is 4.98 Å². The molecule has 0 aromatic carbocycles. The molecule has 0 aliphatic rings. The van der Waals surface area contributed by atoms with Gasteiger partial charge in [0.05, 0.1) is 21.8 Å². The average molecular weight is 218 g/mol. The molecule has 0 saturated carbocycles. The van der Waals surface area contributed by atoms with Gasteiger partial charge in [-0.25, -0.2) is 8.78 Å². The predicted molar refractivity (Wildman–Crippen MR) is 46.8 cm³/mol. The molecule has 0 radical (unpaired) electrons. The number of nitrogens with two attached hydrogens (primary N) is 1. The van der Waals surface area contributed by atoms with E-state index in [2.05, 4.69) is 4.98 Å². The summed E-state index contributed by atoms with van der Waals surface area (Å²) in [6.45, 7) is 0.0109. The summed E-state index contributed by atoms with van der Waals surface area (Å²) in [6, 6.07) is 1.61. The van der Waals surface area contributed by atoms with Crippen LogP contribution in [0, 0.1) is 11.3 Å². The molecule has 0 aliphatic heterocycles. The van der Waals surface area contributed by atoms with Crippen molar-refractivity contribution < 1.29 is 8.78 Å². The number of nitrogens with zero attached hydrogens (tertiary/aromatic N) is 2. The molecule has 0 aliphatic carbocycles. The summed E-state index contributed by atoms with van der Waals surface area (Å²) in [7, 11) is 0. The number of halogens is 3. The third kappa shape index (κ3) is 1.81. The summed E-state index contributed by atoms with van der Waals surface area (Å²) in [6.07, 6.45) is -1.83. The highest BCUT2D eigenvalue weighted by atomic mass is 35.5. The summed E-state index contributed by atoms with van der Waals surface area (Å²) in [5.41, 5.74) is 4.78. The molecule has 1 rings (SSSR count). The predicted octanol–water partition coefficient (Wildman–Crippen LogP) is 2.00. The van der Waals surface area contributed by atoms with E-state index in [1.165, 1.54) is 0 Å². The number of nitriles is 1. The molecule has 2 N–H and O–H groups in total. The van der Waals surface area contributed by atoms with Gasteiger partial charge in [-0.2, -0.15) is 5.26 Å². The maximum Gasteiger partial charge on any atom is 0.266 e. The first-order valence-electron chi connectivity index (χ1n) is 3.67. The number of aromatic nitrogens is 1. The van der Waals surface area contributed by atoms with Gasteiger partial charge in [0.2, 0.25) is 0 Å². The SMILES string of the molecule is N#Cc1c(C(F)F)cnc(CN)c1Cl. The van der Waals surface area contributed by atoms with E-state index in [0.717, 1.165) is 6.20 Å². The van der Waals surface area contributed by atoms with Gasteiger partial charge in [-0.1, -0.05) is 11.6 Å². The van der Waals surface area contributed by atoms with Crippen LogP contribution in [0.2, 0.25) is 5.02 Å². The lowest BCUT2D eigenvalue weighted by molar-refractivity contribution is 0.150. The minimum atomic E-state index is -2.76. The molecule has 0 amide bonds. The van der Waals surface area contributed by atoms with Crippen molar-refractivity contribution in [1.29, 1.82) is 5.26 Å². The highest BCUT2D eigenvalue weighted by molar-refractivity contribution is 6.32. The largest absolute Gasteiger partial charge is 0.325 e. The van der Waals surface area contributed by atoms with Crippen molar-refractivity contribution in [3.63, 3.8) is 0 Å². The van der Waals surface area contributed by atoms with E-state index in [9.17, 15) is 8.78 Å². The molecular formula is C8H6ClF2N3. The summed E-state index contributed by atoms with van der Waals surface area (Å²) >= 11 is 5.66. The molecule has 1 aromatic heterocycles. The number of pyridine rings is 1. The minimum absolute atomic E-state index is 0.0109. The molecule has 0 spiro atoms. The fourth-order valence-corrected chi connectivity index (χ4v) is 1.24. The summed E-state index contributed by atoms with van der Waals surface area (Å²) in [5.74, 6) is 0. The van der Waals surface area contributed by atoms with Crippen molar-refractivity contribution in [2.45, 2.75) is 13.0 Å². The Morgan fingerprint density at radius 2 is 2.29 bits per heavy atom. The lowest BCUT2D eigenvalue weighted by Gasteiger charge is -2.06. The van der Waals surface area contributed by atoms with Crippen LogP contribution < -0.4 is 5.73 Å². The number of hydrogen-bond donors (Lipinski definition) is 1. The second-order valence-corrected chi connectivity index (χ2v) is 2.84. The molecule has 1 heterocycles. The van der Waals surface area contributed by atoms with Crippen molar-refractivity contribution in [2.24, 2.45) is 5.73 Å². The Morgan fingerprint density at radius 3 is 2.71 bits per heavy atom. The maximum atomic E-state index is 12.3. The van der Waals surface area contributed by atoms with Gasteiger partial charge in [0.25, 0.3) is 6.43 Å². The van der Waals surface area contributed by atoms with E-state index < -0.39 is 12.0 Å². The number of alkyl halides is 2. The average Bonchev–Trinajstić information content (AvgIpc) is 2.17. The Hall–Kier alpha value is -1.25. The lowest BCUT2D eigenvalue weighted by atomic mass is 10.1. The molecule has 0 atom stereocenters. The van der Waals surface area contributed by atoms with E-state index in [4.69, 9.17) is 22.6 Å². The topological polar surface area (TPSA) is 62.7 Å². The van der Waals surface area contributed by atoms with Crippen molar-refractivity contribution in [2.75, 3.05) is 0 Å². The third-order valence-electron chi connectivity index (χ3n) is 1.66. The van der Waals surface area contributed by atoms with Gasteiger partial charge < -0.3 is 5.73 Å². The minimum Gasteiger partial charge on any atom is -0.325 e. The molecule has 3 nitrogen and oxygen atoms in total. The molecule has 6 heteroatoms. The van der Waals surface area contributed by atoms with Crippen LogP contribution in [0.4, 0.5) is 8.78 Å². The van der Waals surface area contributed by atoms with E-state index in [1.54, 1.807) is 6.07 Å². The van der Waals surface area contributed by atoms with Gasteiger partial charge in [-0.05, 0) is 0 Å².